The minimum Gasteiger partial charge on any atom is -0.377 e. The van der Waals surface area contributed by atoms with Crippen molar-refractivity contribution in [1.82, 2.24) is 5.43 Å². The molecule has 0 amide bonds. The number of rotatable bonds is 2. The van der Waals surface area contributed by atoms with Crippen LogP contribution in [0.5, 0.6) is 0 Å². The van der Waals surface area contributed by atoms with Crippen molar-refractivity contribution in [2.24, 2.45) is 5.10 Å². The third kappa shape index (κ3) is 0.899. The number of nitrogens with zero attached hydrogens (tertiary/aromatic N) is 1. The van der Waals surface area contributed by atoms with Crippen molar-refractivity contribution < 1.29 is 4.74 Å². The van der Waals surface area contributed by atoms with E-state index in [2.05, 4.69) is 17.2 Å². The summed E-state index contributed by atoms with van der Waals surface area (Å²) in [5.41, 5.74) is 2.77. The predicted molar refractivity (Wildman–Crippen MR) is 27.3 cm³/mol. The zero-order valence-corrected chi connectivity index (χ0v) is 4.05. The number of hydrogen-bond acceptors (Lipinski definition) is 3. The molecule has 0 aromatic rings. The molecule has 1 saturated heterocycles. The van der Waals surface area contributed by atoms with E-state index in [1.54, 1.807) is 0 Å². The van der Waals surface area contributed by atoms with E-state index in [0.29, 0.717) is 6.04 Å². The first-order valence-corrected chi connectivity index (χ1v) is 2.22. The predicted octanol–water partition coefficient (Wildman–Crippen LogP) is -0.410. The number of ether oxygens (including phenoxy) is 1. The normalized spacial score (nSPS) is 20.6. The molecule has 3 nitrogen and oxygen atoms in total. The van der Waals surface area contributed by atoms with Crippen LogP contribution < -0.4 is 5.43 Å². The van der Waals surface area contributed by atoms with E-state index in [1.807, 2.05) is 0 Å². The Labute approximate surface area is 42.4 Å². The fourth-order valence-corrected chi connectivity index (χ4v) is 0.439. The Hall–Kier alpha value is -0.570. The number of hydrogen-bond donors (Lipinski definition) is 1. The molecule has 1 fully saturated rings. The van der Waals surface area contributed by atoms with Gasteiger partial charge in [-0.1, -0.05) is 0 Å². The van der Waals surface area contributed by atoms with Gasteiger partial charge in [0.25, 0.3) is 0 Å². The van der Waals surface area contributed by atoms with E-state index >= 15 is 0 Å². The Balaban J connectivity index is 2.03. The maximum Gasteiger partial charge on any atom is 0.0906 e. The summed E-state index contributed by atoms with van der Waals surface area (Å²) >= 11 is 0. The highest BCUT2D eigenvalue weighted by Gasteiger charge is 2.15. The molecule has 0 radical (unpaired) electrons. The Kier molecular flexibility index (Phi) is 1.26. The summed E-state index contributed by atoms with van der Waals surface area (Å²) in [7, 11) is 0. The lowest BCUT2D eigenvalue weighted by Crippen LogP contribution is -2.43. The molecule has 1 heterocycles. The van der Waals surface area contributed by atoms with Crippen LogP contribution in [0.2, 0.25) is 0 Å². The van der Waals surface area contributed by atoms with E-state index in [0.717, 1.165) is 13.2 Å². The van der Waals surface area contributed by atoms with Crippen LogP contribution in [-0.4, -0.2) is 26.0 Å². The van der Waals surface area contributed by atoms with Gasteiger partial charge in [-0.15, -0.1) is 0 Å². The number of hydrazone groups is 1. The first-order valence-electron chi connectivity index (χ1n) is 2.22. The van der Waals surface area contributed by atoms with Gasteiger partial charge < -0.3 is 10.2 Å². The summed E-state index contributed by atoms with van der Waals surface area (Å²) in [6.07, 6.45) is 0. The molecular weight excluding hydrogens is 92.1 g/mol. The molecule has 40 valence electrons. The van der Waals surface area contributed by atoms with Crippen LogP contribution in [-0.2, 0) is 4.74 Å². The van der Waals surface area contributed by atoms with Crippen LogP contribution >= 0.6 is 0 Å². The first kappa shape index (κ1) is 4.59. The second kappa shape index (κ2) is 1.93. The minimum absolute atomic E-state index is 0.428. The Morgan fingerprint density at radius 2 is 2.43 bits per heavy atom. The molecule has 0 saturated carbocycles. The number of nitrogens with one attached hydrogen (secondary N) is 1. The van der Waals surface area contributed by atoms with E-state index in [4.69, 9.17) is 4.74 Å². The summed E-state index contributed by atoms with van der Waals surface area (Å²) in [6, 6.07) is 0.428. The van der Waals surface area contributed by atoms with Crippen molar-refractivity contribution in [1.29, 1.82) is 0 Å². The molecule has 0 spiro atoms. The summed E-state index contributed by atoms with van der Waals surface area (Å²) < 4.78 is 4.84. The maximum atomic E-state index is 4.84. The van der Waals surface area contributed by atoms with Crippen LogP contribution in [0.3, 0.4) is 0 Å². The third-order valence-electron chi connectivity index (χ3n) is 0.912. The zero-order valence-electron chi connectivity index (χ0n) is 4.05. The lowest BCUT2D eigenvalue weighted by molar-refractivity contribution is -0.00438. The van der Waals surface area contributed by atoms with Gasteiger partial charge >= 0.3 is 0 Å². The van der Waals surface area contributed by atoms with Gasteiger partial charge in [-0.3, -0.25) is 0 Å². The van der Waals surface area contributed by atoms with Gasteiger partial charge in [0.1, 0.15) is 0 Å². The first-order chi connectivity index (χ1) is 3.43. The fourth-order valence-electron chi connectivity index (χ4n) is 0.439. The minimum atomic E-state index is 0.428. The molecule has 1 rings (SSSR count). The molecular formula is C4H8N2O. The lowest BCUT2D eigenvalue weighted by Gasteiger charge is -2.24. The molecule has 0 aliphatic carbocycles. The largest absolute Gasteiger partial charge is 0.377 e. The average molecular weight is 100 g/mol. The highest BCUT2D eigenvalue weighted by atomic mass is 16.5. The van der Waals surface area contributed by atoms with Crippen molar-refractivity contribution in [3.05, 3.63) is 0 Å². The Morgan fingerprint density at radius 1 is 1.71 bits per heavy atom. The molecule has 1 aliphatic heterocycles. The van der Waals surface area contributed by atoms with Gasteiger partial charge in [0.2, 0.25) is 0 Å². The highest BCUT2D eigenvalue weighted by Crippen LogP contribution is 1.97. The second-order valence-corrected chi connectivity index (χ2v) is 1.52. The van der Waals surface area contributed by atoms with Gasteiger partial charge in [0.05, 0.1) is 19.3 Å². The standard InChI is InChI=1S/C4H8N2O/c1-5-6-4-2-7-3-4/h4,6H,1-3H2. The zero-order chi connectivity index (χ0) is 5.11. The summed E-state index contributed by atoms with van der Waals surface area (Å²) in [6.45, 7) is 4.82. The van der Waals surface area contributed by atoms with Gasteiger partial charge in [-0.05, 0) is 0 Å². The van der Waals surface area contributed by atoms with Crippen LogP contribution in [0.4, 0.5) is 0 Å². The molecule has 1 N–H and O–H groups in total. The van der Waals surface area contributed by atoms with Crippen LogP contribution in [0.25, 0.3) is 0 Å². The van der Waals surface area contributed by atoms with Crippen LogP contribution in [0.15, 0.2) is 5.10 Å². The topological polar surface area (TPSA) is 33.6 Å². The maximum absolute atomic E-state index is 4.84. The molecule has 7 heavy (non-hydrogen) atoms. The summed E-state index contributed by atoms with van der Waals surface area (Å²) in [4.78, 5) is 0. The van der Waals surface area contributed by atoms with Crippen molar-refractivity contribution in [2.75, 3.05) is 13.2 Å². The molecule has 0 unspecified atom stereocenters. The molecule has 0 aromatic heterocycles. The van der Waals surface area contributed by atoms with Gasteiger partial charge in [-0.25, -0.2) is 0 Å². The average Bonchev–Trinajstić information content (AvgIpc) is 1.55. The van der Waals surface area contributed by atoms with E-state index in [9.17, 15) is 0 Å². The molecule has 0 aromatic carbocycles. The molecule has 3 heteroatoms. The van der Waals surface area contributed by atoms with E-state index in [-0.39, 0.29) is 0 Å². The van der Waals surface area contributed by atoms with E-state index in [1.165, 1.54) is 0 Å². The van der Waals surface area contributed by atoms with Crippen molar-refractivity contribution in [3.63, 3.8) is 0 Å². The van der Waals surface area contributed by atoms with Crippen LogP contribution in [0.1, 0.15) is 0 Å². The van der Waals surface area contributed by atoms with Gasteiger partial charge in [-0.2, -0.15) is 5.10 Å². The molecule has 0 atom stereocenters. The monoisotopic (exact) mass is 100 g/mol. The third-order valence-corrected chi connectivity index (χ3v) is 0.912. The second-order valence-electron chi connectivity index (χ2n) is 1.52. The van der Waals surface area contributed by atoms with Crippen molar-refractivity contribution in [3.8, 4) is 0 Å². The van der Waals surface area contributed by atoms with Crippen molar-refractivity contribution >= 4 is 6.72 Å². The van der Waals surface area contributed by atoms with Crippen molar-refractivity contribution in [2.45, 2.75) is 6.04 Å². The highest BCUT2D eigenvalue weighted by molar-refractivity contribution is 5.22. The molecule has 1 aliphatic rings. The summed E-state index contributed by atoms with van der Waals surface area (Å²) in [5, 5.41) is 3.48. The smallest absolute Gasteiger partial charge is 0.0906 e. The van der Waals surface area contributed by atoms with Crippen LogP contribution in [0, 0.1) is 0 Å². The fraction of sp³-hybridized carbons (Fsp3) is 0.750. The van der Waals surface area contributed by atoms with Gasteiger partial charge in [0, 0.05) is 6.72 Å². The van der Waals surface area contributed by atoms with E-state index < -0.39 is 0 Å². The molecule has 0 bridgehead atoms. The SMILES string of the molecule is C=NNC1COC1. The quantitative estimate of drug-likeness (QED) is 0.378. The summed E-state index contributed by atoms with van der Waals surface area (Å²) in [5.74, 6) is 0. The van der Waals surface area contributed by atoms with Gasteiger partial charge in [0.15, 0.2) is 0 Å². The lowest BCUT2D eigenvalue weighted by atomic mass is 10.3. The Morgan fingerprint density at radius 3 is 2.57 bits per heavy atom. The Bertz CT molecular complexity index is 70.1.